The summed E-state index contributed by atoms with van der Waals surface area (Å²) in [5.41, 5.74) is 4.45. The van der Waals surface area contributed by atoms with Crippen molar-refractivity contribution in [3.05, 3.63) is 58.7 Å². The number of anilines is 1. The SMILES string of the molecule is CCNS(=O)(=O)c1ccc(C)c(C(=O)Nc2ccc3c(c2)CCC3)c1. The number of nitrogens with one attached hydrogen (secondary N) is 2. The van der Waals surface area contributed by atoms with E-state index in [1.807, 2.05) is 12.1 Å². The number of sulfonamides is 1. The monoisotopic (exact) mass is 358 g/mol. The largest absolute Gasteiger partial charge is 0.322 e. The Morgan fingerprint density at radius 1 is 1.08 bits per heavy atom. The maximum atomic E-state index is 12.6. The van der Waals surface area contributed by atoms with Crippen molar-refractivity contribution in [1.29, 1.82) is 0 Å². The van der Waals surface area contributed by atoms with Crippen LogP contribution in [0.3, 0.4) is 0 Å². The van der Waals surface area contributed by atoms with Gasteiger partial charge in [0.25, 0.3) is 5.91 Å². The highest BCUT2D eigenvalue weighted by atomic mass is 32.2. The van der Waals surface area contributed by atoms with Gasteiger partial charge in [0.05, 0.1) is 4.90 Å². The molecular weight excluding hydrogens is 336 g/mol. The lowest BCUT2D eigenvalue weighted by Crippen LogP contribution is -2.24. The average molecular weight is 358 g/mol. The maximum absolute atomic E-state index is 12.6. The third-order valence-corrected chi connectivity index (χ3v) is 6.00. The van der Waals surface area contributed by atoms with Crippen LogP contribution < -0.4 is 10.0 Å². The summed E-state index contributed by atoms with van der Waals surface area (Å²) in [6.45, 7) is 3.81. The van der Waals surface area contributed by atoms with Crippen LogP contribution in [0.25, 0.3) is 0 Å². The second kappa shape index (κ2) is 6.98. The first-order valence-corrected chi connectivity index (χ1v) is 9.92. The summed E-state index contributed by atoms with van der Waals surface area (Å²) in [5, 5.41) is 2.89. The van der Waals surface area contributed by atoms with Crippen molar-refractivity contribution in [2.24, 2.45) is 0 Å². The number of fused-ring (bicyclic) bond motifs is 1. The predicted molar refractivity (Wildman–Crippen MR) is 98.5 cm³/mol. The highest BCUT2D eigenvalue weighted by Gasteiger charge is 2.18. The maximum Gasteiger partial charge on any atom is 0.255 e. The molecule has 0 aliphatic heterocycles. The van der Waals surface area contributed by atoms with Crippen LogP contribution in [0.4, 0.5) is 5.69 Å². The van der Waals surface area contributed by atoms with E-state index in [0.29, 0.717) is 12.1 Å². The van der Waals surface area contributed by atoms with Crippen molar-refractivity contribution in [3.63, 3.8) is 0 Å². The highest BCUT2D eigenvalue weighted by Crippen LogP contribution is 2.25. The van der Waals surface area contributed by atoms with Gasteiger partial charge in [0, 0.05) is 17.8 Å². The van der Waals surface area contributed by atoms with Gasteiger partial charge in [-0.25, -0.2) is 13.1 Å². The molecule has 6 heteroatoms. The molecule has 0 atom stereocenters. The number of hydrogen-bond donors (Lipinski definition) is 2. The summed E-state index contributed by atoms with van der Waals surface area (Å²) in [7, 11) is -3.59. The molecule has 3 rings (SSSR count). The van der Waals surface area contributed by atoms with Crippen molar-refractivity contribution in [2.75, 3.05) is 11.9 Å². The summed E-state index contributed by atoms with van der Waals surface area (Å²) in [6.07, 6.45) is 3.28. The standard InChI is InChI=1S/C19H22N2O3S/c1-3-20-25(23,24)17-10-7-13(2)18(12-17)19(22)21-16-9-8-14-5-4-6-15(14)11-16/h7-12,20H,3-6H2,1-2H3,(H,21,22). The lowest BCUT2D eigenvalue weighted by atomic mass is 10.1. The molecule has 0 aromatic heterocycles. The van der Waals surface area contributed by atoms with Crippen LogP contribution in [-0.2, 0) is 22.9 Å². The minimum atomic E-state index is -3.59. The van der Waals surface area contributed by atoms with Gasteiger partial charge in [0.2, 0.25) is 10.0 Å². The molecule has 2 N–H and O–H groups in total. The lowest BCUT2D eigenvalue weighted by molar-refractivity contribution is 0.102. The van der Waals surface area contributed by atoms with E-state index in [4.69, 9.17) is 0 Å². The van der Waals surface area contributed by atoms with Gasteiger partial charge in [0.1, 0.15) is 0 Å². The summed E-state index contributed by atoms with van der Waals surface area (Å²) in [6, 6.07) is 10.6. The van der Waals surface area contributed by atoms with Gasteiger partial charge in [-0.3, -0.25) is 4.79 Å². The van der Waals surface area contributed by atoms with Gasteiger partial charge in [-0.2, -0.15) is 0 Å². The number of carbonyl (C=O) groups is 1. The van der Waals surface area contributed by atoms with Crippen LogP contribution in [0.15, 0.2) is 41.3 Å². The fourth-order valence-electron chi connectivity index (χ4n) is 3.13. The second-order valence-corrected chi connectivity index (χ2v) is 8.04. The minimum absolute atomic E-state index is 0.0963. The Hall–Kier alpha value is -2.18. The zero-order chi connectivity index (χ0) is 18.0. The molecule has 0 spiro atoms. The summed E-state index contributed by atoms with van der Waals surface area (Å²) in [5.74, 6) is -0.302. The molecule has 1 aliphatic rings. The van der Waals surface area contributed by atoms with Crippen molar-refractivity contribution >= 4 is 21.6 Å². The van der Waals surface area contributed by atoms with Crippen molar-refractivity contribution in [1.82, 2.24) is 4.72 Å². The molecule has 2 aromatic carbocycles. The topological polar surface area (TPSA) is 75.3 Å². The molecule has 0 saturated carbocycles. The Labute approximate surface area is 148 Å². The first kappa shape index (κ1) is 17.6. The van der Waals surface area contributed by atoms with Crippen LogP contribution in [0.5, 0.6) is 0 Å². The molecule has 2 aromatic rings. The summed E-state index contributed by atoms with van der Waals surface area (Å²) in [4.78, 5) is 12.7. The van der Waals surface area contributed by atoms with Crippen LogP contribution >= 0.6 is 0 Å². The molecule has 0 heterocycles. The van der Waals surface area contributed by atoms with Gasteiger partial charge < -0.3 is 5.32 Å². The van der Waals surface area contributed by atoms with Gasteiger partial charge in [-0.1, -0.05) is 19.1 Å². The average Bonchev–Trinajstić information content (AvgIpc) is 3.02. The van der Waals surface area contributed by atoms with Crippen LogP contribution in [0.1, 0.15) is 40.4 Å². The molecule has 0 radical (unpaired) electrons. The van der Waals surface area contributed by atoms with E-state index in [1.54, 1.807) is 19.9 Å². The smallest absolute Gasteiger partial charge is 0.255 e. The molecular formula is C19H22N2O3S. The molecule has 132 valence electrons. The molecule has 1 aliphatic carbocycles. The molecule has 0 unspecified atom stereocenters. The first-order valence-electron chi connectivity index (χ1n) is 8.44. The van der Waals surface area contributed by atoms with Gasteiger partial charge in [-0.05, 0) is 67.1 Å². The third kappa shape index (κ3) is 3.75. The third-order valence-electron chi connectivity index (χ3n) is 4.45. The van der Waals surface area contributed by atoms with E-state index >= 15 is 0 Å². The number of carbonyl (C=O) groups excluding carboxylic acids is 1. The van der Waals surface area contributed by atoms with Crippen molar-refractivity contribution in [3.8, 4) is 0 Å². The molecule has 5 nitrogen and oxygen atoms in total. The first-order chi connectivity index (χ1) is 11.9. The van der Waals surface area contributed by atoms with E-state index in [0.717, 1.165) is 30.5 Å². The normalized spacial score (nSPS) is 13.5. The van der Waals surface area contributed by atoms with Crippen molar-refractivity contribution in [2.45, 2.75) is 38.0 Å². The Balaban J connectivity index is 1.87. The fourth-order valence-corrected chi connectivity index (χ4v) is 4.20. The number of rotatable bonds is 5. The quantitative estimate of drug-likeness (QED) is 0.863. The minimum Gasteiger partial charge on any atom is -0.322 e. The molecule has 25 heavy (non-hydrogen) atoms. The summed E-state index contributed by atoms with van der Waals surface area (Å²) < 4.78 is 26.8. The van der Waals surface area contributed by atoms with Gasteiger partial charge >= 0.3 is 0 Å². The van der Waals surface area contributed by atoms with Crippen LogP contribution in [0, 0.1) is 6.92 Å². The number of hydrogen-bond acceptors (Lipinski definition) is 3. The van der Waals surface area contributed by atoms with E-state index in [2.05, 4.69) is 16.1 Å². The molecule has 1 amide bonds. The zero-order valence-corrected chi connectivity index (χ0v) is 15.2. The van der Waals surface area contributed by atoms with E-state index in [9.17, 15) is 13.2 Å². The van der Waals surface area contributed by atoms with Gasteiger partial charge in [0.15, 0.2) is 0 Å². The Morgan fingerprint density at radius 2 is 1.84 bits per heavy atom. The fraction of sp³-hybridized carbons (Fsp3) is 0.316. The zero-order valence-electron chi connectivity index (χ0n) is 14.4. The Bertz CT molecular complexity index is 920. The Morgan fingerprint density at radius 3 is 2.60 bits per heavy atom. The highest BCUT2D eigenvalue weighted by molar-refractivity contribution is 7.89. The lowest BCUT2D eigenvalue weighted by Gasteiger charge is -2.11. The van der Waals surface area contributed by atoms with E-state index in [-0.39, 0.29) is 10.8 Å². The van der Waals surface area contributed by atoms with E-state index in [1.165, 1.54) is 23.3 Å². The molecule has 0 bridgehead atoms. The van der Waals surface area contributed by atoms with Gasteiger partial charge in [-0.15, -0.1) is 0 Å². The molecule has 0 fully saturated rings. The van der Waals surface area contributed by atoms with E-state index < -0.39 is 10.0 Å². The number of benzene rings is 2. The molecule has 0 saturated heterocycles. The van der Waals surface area contributed by atoms with Crippen molar-refractivity contribution < 1.29 is 13.2 Å². The second-order valence-electron chi connectivity index (χ2n) is 6.27. The van der Waals surface area contributed by atoms with Crippen LogP contribution in [-0.4, -0.2) is 20.9 Å². The predicted octanol–water partition coefficient (Wildman–Crippen LogP) is 3.03. The number of aryl methyl sites for hydroxylation is 3. The number of amides is 1. The Kier molecular flexibility index (Phi) is 4.92. The summed E-state index contributed by atoms with van der Waals surface area (Å²) >= 11 is 0. The van der Waals surface area contributed by atoms with Crippen LogP contribution in [0.2, 0.25) is 0 Å².